The summed E-state index contributed by atoms with van der Waals surface area (Å²) < 4.78 is 52.0. The fourth-order valence-corrected chi connectivity index (χ4v) is 4.51. The average Bonchev–Trinajstić information content (AvgIpc) is 2.70. The Hall–Kier alpha value is -2.27. The predicted molar refractivity (Wildman–Crippen MR) is 115 cm³/mol. The van der Waals surface area contributed by atoms with Gasteiger partial charge in [0.1, 0.15) is 0 Å². The zero-order valence-corrected chi connectivity index (χ0v) is 18.9. The topological polar surface area (TPSA) is 113 Å². The van der Waals surface area contributed by atoms with Crippen LogP contribution in [0, 0.1) is 6.92 Å². The minimum absolute atomic E-state index is 0.0824. The molecule has 0 saturated heterocycles. The quantitative estimate of drug-likeness (QED) is 0.526. The van der Waals surface area contributed by atoms with Crippen molar-refractivity contribution in [2.45, 2.75) is 29.6 Å². The van der Waals surface area contributed by atoms with Crippen molar-refractivity contribution in [3.05, 3.63) is 59.7 Å². The molecule has 0 aromatic heterocycles. The van der Waals surface area contributed by atoms with E-state index < -0.39 is 20.0 Å². The third-order valence-electron chi connectivity index (χ3n) is 4.41. The van der Waals surface area contributed by atoms with Gasteiger partial charge in [-0.3, -0.25) is 4.79 Å². The third kappa shape index (κ3) is 6.63. The fraction of sp³-hybridized carbons (Fsp3) is 0.350. The molecule has 1 amide bonds. The Morgan fingerprint density at radius 1 is 0.867 bits per heavy atom. The van der Waals surface area contributed by atoms with Crippen LogP contribution in [0.3, 0.4) is 0 Å². The van der Waals surface area contributed by atoms with Crippen molar-refractivity contribution in [1.82, 2.24) is 14.3 Å². The maximum Gasteiger partial charge on any atom is 0.242 e. The summed E-state index contributed by atoms with van der Waals surface area (Å²) in [6.45, 7) is 2.13. The van der Waals surface area contributed by atoms with E-state index in [2.05, 4.69) is 10.0 Å². The number of rotatable bonds is 10. The lowest BCUT2D eigenvalue weighted by molar-refractivity contribution is -0.121. The number of nitrogens with zero attached hydrogens (tertiary/aromatic N) is 1. The molecule has 0 unspecified atom stereocenters. The van der Waals surface area contributed by atoms with E-state index in [1.807, 2.05) is 6.92 Å². The van der Waals surface area contributed by atoms with E-state index >= 15 is 0 Å². The molecule has 0 spiro atoms. The summed E-state index contributed by atoms with van der Waals surface area (Å²) in [6.07, 6.45) is 0.660. The largest absolute Gasteiger partial charge is 0.355 e. The summed E-state index contributed by atoms with van der Waals surface area (Å²) in [5.41, 5.74) is 1.80. The Balaban J connectivity index is 1.76. The lowest BCUT2D eigenvalue weighted by Gasteiger charge is -2.11. The van der Waals surface area contributed by atoms with Gasteiger partial charge >= 0.3 is 0 Å². The van der Waals surface area contributed by atoms with Crippen LogP contribution in [0.25, 0.3) is 0 Å². The first-order valence-corrected chi connectivity index (χ1v) is 12.3. The molecule has 0 saturated carbocycles. The lowest BCUT2D eigenvalue weighted by Crippen LogP contribution is -2.34. The molecule has 8 nitrogen and oxygen atoms in total. The summed E-state index contributed by atoms with van der Waals surface area (Å²) >= 11 is 0. The van der Waals surface area contributed by atoms with E-state index in [0.29, 0.717) is 6.42 Å². The van der Waals surface area contributed by atoms with E-state index in [0.717, 1.165) is 15.4 Å². The van der Waals surface area contributed by atoms with Crippen LogP contribution in [0.15, 0.2) is 58.3 Å². The van der Waals surface area contributed by atoms with Crippen molar-refractivity contribution in [1.29, 1.82) is 0 Å². The fourth-order valence-electron chi connectivity index (χ4n) is 2.57. The summed E-state index contributed by atoms with van der Waals surface area (Å²) in [5, 5.41) is 2.67. The molecule has 0 aliphatic carbocycles. The maximum absolute atomic E-state index is 12.2. The van der Waals surface area contributed by atoms with Gasteiger partial charge in [-0.25, -0.2) is 25.9 Å². The molecule has 164 valence electrons. The molecule has 0 heterocycles. The molecule has 2 N–H and O–H groups in total. The van der Waals surface area contributed by atoms with Gasteiger partial charge in [0.15, 0.2) is 0 Å². The Bertz CT molecular complexity index is 1060. The van der Waals surface area contributed by atoms with E-state index in [-0.39, 0.29) is 35.2 Å². The van der Waals surface area contributed by atoms with Crippen molar-refractivity contribution in [3.8, 4) is 0 Å². The minimum Gasteiger partial charge on any atom is -0.355 e. The molecule has 2 aromatic rings. The maximum atomic E-state index is 12.2. The van der Waals surface area contributed by atoms with Crippen LogP contribution in [-0.2, 0) is 31.3 Å². The number of amides is 1. The van der Waals surface area contributed by atoms with Crippen LogP contribution >= 0.6 is 0 Å². The van der Waals surface area contributed by atoms with E-state index in [1.54, 1.807) is 24.3 Å². The molecule has 10 heteroatoms. The third-order valence-corrected chi connectivity index (χ3v) is 7.72. The van der Waals surface area contributed by atoms with Gasteiger partial charge in [0.05, 0.1) is 9.79 Å². The molecular formula is C20H27N3O5S2. The van der Waals surface area contributed by atoms with Gasteiger partial charge in [-0.2, -0.15) is 0 Å². The van der Waals surface area contributed by atoms with Crippen molar-refractivity contribution in [3.63, 3.8) is 0 Å². The summed E-state index contributed by atoms with van der Waals surface area (Å²) in [7, 11) is -4.15. The normalized spacial score (nSPS) is 12.1. The molecule has 30 heavy (non-hydrogen) atoms. The zero-order valence-electron chi connectivity index (χ0n) is 17.3. The predicted octanol–water partition coefficient (Wildman–Crippen LogP) is 1.27. The molecule has 0 fully saturated rings. The first-order chi connectivity index (χ1) is 14.0. The number of sulfonamides is 2. The molecule has 0 bridgehead atoms. The highest BCUT2D eigenvalue weighted by Crippen LogP contribution is 2.15. The Kier molecular flexibility index (Phi) is 8.13. The Morgan fingerprint density at radius 3 is 2.00 bits per heavy atom. The molecule has 0 aliphatic rings. The van der Waals surface area contributed by atoms with Gasteiger partial charge in [0.25, 0.3) is 0 Å². The number of benzene rings is 2. The summed E-state index contributed by atoms with van der Waals surface area (Å²) in [4.78, 5) is 12.3. The molecule has 2 rings (SSSR count). The number of carbonyl (C=O) groups excluding carboxylic acids is 1. The number of aryl methyl sites for hydroxylation is 2. The number of nitrogens with one attached hydrogen (secondary N) is 2. The van der Waals surface area contributed by atoms with Gasteiger partial charge in [-0.15, -0.1) is 0 Å². The van der Waals surface area contributed by atoms with E-state index in [1.165, 1.54) is 38.4 Å². The SMILES string of the molecule is Cc1ccc(S(=O)(=O)NCCNC(=O)CCc2ccc(S(=O)(=O)N(C)C)cc2)cc1. The molecular weight excluding hydrogens is 426 g/mol. The minimum atomic E-state index is -3.61. The number of carbonyl (C=O) groups is 1. The van der Waals surface area contributed by atoms with E-state index in [9.17, 15) is 21.6 Å². The van der Waals surface area contributed by atoms with Crippen LogP contribution in [0.5, 0.6) is 0 Å². The second-order valence-electron chi connectivity index (χ2n) is 6.99. The van der Waals surface area contributed by atoms with Crippen molar-refractivity contribution >= 4 is 26.0 Å². The Labute approximate surface area is 178 Å². The van der Waals surface area contributed by atoms with Gasteiger partial charge < -0.3 is 5.32 Å². The van der Waals surface area contributed by atoms with Gasteiger partial charge in [-0.1, -0.05) is 29.8 Å². The average molecular weight is 454 g/mol. The van der Waals surface area contributed by atoms with Crippen LogP contribution < -0.4 is 10.0 Å². The molecule has 0 aliphatic heterocycles. The standard InChI is InChI=1S/C20H27N3O5S2/c1-16-4-9-18(10-5-16)29(25,26)22-15-14-21-20(24)13-8-17-6-11-19(12-7-17)30(27,28)23(2)3/h4-7,9-12,22H,8,13-15H2,1-3H3,(H,21,24). The van der Waals surface area contributed by atoms with Crippen molar-refractivity contribution in [2.75, 3.05) is 27.2 Å². The molecule has 0 radical (unpaired) electrons. The molecule has 2 aromatic carbocycles. The van der Waals surface area contributed by atoms with Gasteiger partial charge in [0, 0.05) is 33.6 Å². The zero-order chi connectivity index (χ0) is 22.4. The molecule has 0 atom stereocenters. The highest BCUT2D eigenvalue weighted by atomic mass is 32.2. The first kappa shape index (κ1) is 24.0. The van der Waals surface area contributed by atoms with Crippen LogP contribution in [0.4, 0.5) is 0 Å². The first-order valence-electron chi connectivity index (χ1n) is 9.37. The number of hydrogen-bond donors (Lipinski definition) is 2. The van der Waals surface area contributed by atoms with Gasteiger partial charge in [-0.05, 0) is 43.2 Å². The summed E-state index contributed by atoms with van der Waals surface area (Å²) in [5.74, 6) is -0.213. The monoisotopic (exact) mass is 453 g/mol. The summed E-state index contributed by atoms with van der Waals surface area (Å²) in [6, 6.07) is 12.9. The highest BCUT2D eigenvalue weighted by molar-refractivity contribution is 7.89. The van der Waals surface area contributed by atoms with Gasteiger partial charge in [0.2, 0.25) is 26.0 Å². The van der Waals surface area contributed by atoms with Crippen LogP contribution in [-0.4, -0.2) is 54.2 Å². The second-order valence-corrected chi connectivity index (χ2v) is 10.9. The second kappa shape index (κ2) is 10.2. The lowest BCUT2D eigenvalue weighted by atomic mass is 10.1. The smallest absolute Gasteiger partial charge is 0.242 e. The van der Waals surface area contributed by atoms with Crippen molar-refractivity contribution < 1.29 is 21.6 Å². The van der Waals surface area contributed by atoms with Crippen LogP contribution in [0.1, 0.15) is 17.5 Å². The highest BCUT2D eigenvalue weighted by Gasteiger charge is 2.16. The van der Waals surface area contributed by atoms with Crippen LogP contribution in [0.2, 0.25) is 0 Å². The van der Waals surface area contributed by atoms with Crippen molar-refractivity contribution in [2.24, 2.45) is 0 Å². The van der Waals surface area contributed by atoms with E-state index in [4.69, 9.17) is 0 Å². The Morgan fingerprint density at radius 2 is 1.43 bits per heavy atom. The number of hydrogen-bond acceptors (Lipinski definition) is 5.